The smallest absolute Gasteiger partial charge is 0.225 e. The van der Waals surface area contributed by atoms with E-state index in [1.165, 1.54) is 6.42 Å². The highest BCUT2D eigenvalue weighted by Gasteiger charge is 2.45. The summed E-state index contributed by atoms with van der Waals surface area (Å²) in [6.07, 6.45) is 3.99. The number of benzene rings is 1. The van der Waals surface area contributed by atoms with Crippen LogP contribution in [-0.2, 0) is 4.79 Å². The first-order chi connectivity index (χ1) is 12.1. The summed E-state index contributed by atoms with van der Waals surface area (Å²) in [6.45, 7) is 5.97. The van der Waals surface area contributed by atoms with E-state index in [4.69, 9.17) is 4.74 Å². The number of aliphatic hydroxyl groups excluding tert-OH is 1. The molecule has 1 amide bonds. The SMILES string of the molecule is C=C[C@H]1CN2CCC1C[C@H]2[C@H](O)C1CC(=O)Nc2ccc(OC)cc21. The summed E-state index contributed by atoms with van der Waals surface area (Å²) in [5, 5.41) is 14.1. The van der Waals surface area contributed by atoms with Gasteiger partial charge in [-0.15, -0.1) is 6.58 Å². The summed E-state index contributed by atoms with van der Waals surface area (Å²) < 4.78 is 5.34. The van der Waals surface area contributed by atoms with E-state index >= 15 is 0 Å². The van der Waals surface area contributed by atoms with Gasteiger partial charge in [0.25, 0.3) is 0 Å². The molecule has 5 rings (SSSR count). The van der Waals surface area contributed by atoms with Crippen LogP contribution >= 0.6 is 0 Å². The normalized spacial score (nSPS) is 34.8. The van der Waals surface area contributed by atoms with Crippen LogP contribution < -0.4 is 10.1 Å². The zero-order valence-corrected chi connectivity index (χ0v) is 14.6. The Balaban J connectivity index is 1.62. The van der Waals surface area contributed by atoms with E-state index in [-0.39, 0.29) is 17.9 Å². The molecule has 1 aromatic rings. The minimum absolute atomic E-state index is 0.0262. The number of carbonyl (C=O) groups excluding carboxylic acids is 1. The van der Waals surface area contributed by atoms with Crippen LogP contribution in [0.15, 0.2) is 30.9 Å². The van der Waals surface area contributed by atoms with Crippen molar-refractivity contribution in [1.29, 1.82) is 0 Å². The first-order valence-electron chi connectivity index (χ1n) is 9.13. The number of methoxy groups -OCH3 is 1. The van der Waals surface area contributed by atoms with Crippen molar-refractivity contribution in [3.63, 3.8) is 0 Å². The van der Waals surface area contributed by atoms with E-state index in [0.717, 1.165) is 36.5 Å². The molecule has 4 aliphatic rings. The van der Waals surface area contributed by atoms with Gasteiger partial charge in [-0.25, -0.2) is 0 Å². The van der Waals surface area contributed by atoms with Crippen molar-refractivity contribution in [2.75, 3.05) is 25.5 Å². The monoisotopic (exact) mass is 342 g/mol. The average Bonchev–Trinajstić information content (AvgIpc) is 2.66. The molecule has 4 aliphatic heterocycles. The Morgan fingerprint density at radius 3 is 3.00 bits per heavy atom. The van der Waals surface area contributed by atoms with Crippen molar-refractivity contribution >= 4 is 11.6 Å². The standard InChI is InChI=1S/C20H26N2O3/c1-3-12-11-22-7-6-13(12)8-18(22)20(24)16-10-19(23)21-17-5-4-14(25-2)9-15(16)17/h3-5,9,12-13,16,18,20,24H,1,6-8,10-11H2,2H3,(H,21,23)/t12-,13?,16?,18-,20+/m0/s1. The molecule has 6 atom stereocenters. The highest BCUT2D eigenvalue weighted by Crippen LogP contribution is 2.43. The van der Waals surface area contributed by atoms with Crippen molar-refractivity contribution in [3.8, 4) is 5.75 Å². The van der Waals surface area contributed by atoms with Gasteiger partial charge in [0.05, 0.1) is 13.2 Å². The van der Waals surface area contributed by atoms with Gasteiger partial charge >= 0.3 is 0 Å². The lowest BCUT2D eigenvalue weighted by Crippen LogP contribution is -2.58. The van der Waals surface area contributed by atoms with Crippen LogP contribution in [0.3, 0.4) is 0 Å². The fourth-order valence-corrected chi connectivity index (χ4v) is 4.90. The van der Waals surface area contributed by atoms with E-state index in [0.29, 0.717) is 18.3 Å². The van der Waals surface area contributed by atoms with Crippen molar-refractivity contribution in [3.05, 3.63) is 36.4 Å². The average molecular weight is 342 g/mol. The summed E-state index contributed by atoms with van der Waals surface area (Å²) in [6, 6.07) is 5.77. The molecule has 0 aliphatic carbocycles. The topological polar surface area (TPSA) is 61.8 Å². The van der Waals surface area contributed by atoms with E-state index in [2.05, 4.69) is 22.9 Å². The molecular weight excluding hydrogens is 316 g/mol. The van der Waals surface area contributed by atoms with Gasteiger partial charge in [0, 0.05) is 30.6 Å². The summed E-state index contributed by atoms with van der Waals surface area (Å²) >= 11 is 0. The molecule has 2 N–H and O–H groups in total. The van der Waals surface area contributed by atoms with Crippen molar-refractivity contribution in [2.24, 2.45) is 11.8 Å². The van der Waals surface area contributed by atoms with Gasteiger partial charge < -0.3 is 15.2 Å². The number of fused-ring (bicyclic) bond motifs is 4. The Kier molecular flexibility index (Phi) is 4.29. The Hall–Kier alpha value is -1.85. The van der Waals surface area contributed by atoms with Crippen molar-refractivity contribution < 1.29 is 14.6 Å². The Morgan fingerprint density at radius 1 is 1.48 bits per heavy atom. The lowest BCUT2D eigenvalue weighted by atomic mass is 9.71. The molecule has 5 heteroatoms. The fraction of sp³-hybridized carbons (Fsp3) is 0.550. The molecule has 0 radical (unpaired) electrons. The fourth-order valence-electron chi connectivity index (χ4n) is 4.90. The molecule has 25 heavy (non-hydrogen) atoms. The van der Waals surface area contributed by atoms with E-state index in [1.54, 1.807) is 7.11 Å². The number of hydrogen-bond donors (Lipinski definition) is 2. The number of rotatable bonds is 4. The highest BCUT2D eigenvalue weighted by molar-refractivity contribution is 5.95. The van der Waals surface area contributed by atoms with Gasteiger partial charge in [-0.05, 0) is 55.0 Å². The number of nitrogens with zero attached hydrogens (tertiary/aromatic N) is 1. The van der Waals surface area contributed by atoms with Crippen LogP contribution in [0.25, 0.3) is 0 Å². The molecule has 0 aromatic heterocycles. The second-order valence-electron chi connectivity index (χ2n) is 7.55. The zero-order chi connectivity index (χ0) is 17.6. The van der Waals surface area contributed by atoms with Crippen LogP contribution in [0.4, 0.5) is 5.69 Å². The molecule has 0 saturated carbocycles. The largest absolute Gasteiger partial charge is 0.497 e. The quantitative estimate of drug-likeness (QED) is 0.825. The number of nitrogens with one attached hydrogen (secondary N) is 1. The number of ether oxygens (including phenoxy) is 1. The third-order valence-corrected chi connectivity index (χ3v) is 6.30. The maximum absolute atomic E-state index is 12.2. The van der Waals surface area contributed by atoms with Gasteiger partial charge in [0.1, 0.15) is 5.75 Å². The number of carbonyl (C=O) groups is 1. The summed E-state index contributed by atoms with van der Waals surface area (Å²) in [5.41, 5.74) is 1.77. The molecule has 0 spiro atoms. The number of hydrogen-bond acceptors (Lipinski definition) is 4. The Morgan fingerprint density at radius 2 is 2.32 bits per heavy atom. The lowest BCUT2D eigenvalue weighted by Gasteiger charge is -2.52. The molecule has 2 bridgehead atoms. The maximum Gasteiger partial charge on any atom is 0.225 e. The second-order valence-corrected chi connectivity index (χ2v) is 7.55. The van der Waals surface area contributed by atoms with Crippen LogP contribution in [0.5, 0.6) is 5.75 Å². The first kappa shape index (κ1) is 16.6. The van der Waals surface area contributed by atoms with Crippen LogP contribution in [0, 0.1) is 11.8 Å². The minimum atomic E-state index is -0.550. The third kappa shape index (κ3) is 2.85. The molecule has 5 nitrogen and oxygen atoms in total. The molecule has 3 fully saturated rings. The van der Waals surface area contributed by atoms with Crippen LogP contribution in [-0.4, -0.2) is 48.3 Å². The van der Waals surface area contributed by atoms with Gasteiger partial charge in [-0.1, -0.05) is 6.08 Å². The first-order valence-corrected chi connectivity index (χ1v) is 9.13. The zero-order valence-electron chi connectivity index (χ0n) is 14.6. The summed E-state index contributed by atoms with van der Waals surface area (Å²) in [4.78, 5) is 14.5. The highest BCUT2D eigenvalue weighted by atomic mass is 16.5. The molecule has 4 heterocycles. The summed E-state index contributed by atoms with van der Waals surface area (Å²) in [5.74, 6) is 1.67. The van der Waals surface area contributed by atoms with Gasteiger partial charge in [-0.2, -0.15) is 0 Å². The third-order valence-electron chi connectivity index (χ3n) is 6.30. The Labute approximate surface area is 148 Å². The second kappa shape index (κ2) is 6.46. The van der Waals surface area contributed by atoms with Crippen molar-refractivity contribution in [2.45, 2.75) is 37.3 Å². The lowest BCUT2D eigenvalue weighted by molar-refractivity contribution is -0.118. The predicted octanol–water partition coefficient (Wildman–Crippen LogP) is 2.38. The number of piperidine rings is 3. The number of amides is 1. The van der Waals surface area contributed by atoms with E-state index in [1.807, 2.05) is 18.2 Å². The van der Waals surface area contributed by atoms with Gasteiger partial charge in [0.2, 0.25) is 5.91 Å². The maximum atomic E-state index is 12.2. The minimum Gasteiger partial charge on any atom is -0.497 e. The number of anilines is 1. The Bertz CT molecular complexity index is 690. The van der Waals surface area contributed by atoms with E-state index in [9.17, 15) is 9.90 Å². The van der Waals surface area contributed by atoms with Crippen molar-refractivity contribution in [1.82, 2.24) is 4.90 Å². The summed E-state index contributed by atoms with van der Waals surface area (Å²) in [7, 11) is 1.63. The molecule has 3 saturated heterocycles. The van der Waals surface area contributed by atoms with E-state index < -0.39 is 6.10 Å². The van der Waals surface area contributed by atoms with Gasteiger partial charge in [0.15, 0.2) is 0 Å². The molecular formula is C20H26N2O3. The molecule has 3 unspecified atom stereocenters. The van der Waals surface area contributed by atoms with Gasteiger partial charge in [-0.3, -0.25) is 9.69 Å². The molecule has 1 aromatic carbocycles. The predicted molar refractivity (Wildman–Crippen MR) is 96.8 cm³/mol. The molecule has 134 valence electrons. The number of aliphatic hydroxyl groups is 1. The van der Waals surface area contributed by atoms with Crippen LogP contribution in [0.2, 0.25) is 0 Å². The van der Waals surface area contributed by atoms with Crippen LogP contribution in [0.1, 0.15) is 30.7 Å².